The molecule has 0 amide bonds. The summed E-state index contributed by atoms with van der Waals surface area (Å²) in [6.07, 6.45) is 1.48. The molecule has 0 aliphatic carbocycles. The Morgan fingerprint density at radius 2 is 2.11 bits per heavy atom. The van der Waals surface area contributed by atoms with Crippen molar-refractivity contribution in [1.82, 2.24) is 4.72 Å². The van der Waals surface area contributed by atoms with Crippen LogP contribution in [-0.4, -0.2) is 15.0 Å². The van der Waals surface area contributed by atoms with E-state index in [2.05, 4.69) is 4.72 Å². The third kappa shape index (κ3) is 4.17. The molecule has 0 rings (SSSR count). The zero-order chi connectivity index (χ0) is 7.33. The van der Waals surface area contributed by atoms with Crippen LogP contribution >= 0.6 is 0 Å². The van der Waals surface area contributed by atoms with E-state index in [0.717, 1.165) is 5.41 Å². The van der Waals surface area contributed by atoms with Crippen LogP contribution in [0.1, 0.15) is 13.8 Å². The first-order chi connectivity index (χ1) is 4.12. The van der Waals surface area contributed by atoms with Gasteiger partial charge in [0.1, 0.15) is 0 Å². The molecule has 54 valence electrons. The van der Waals surface area contributed by atoms with Crippen molar-refractivity contribution in [3.05, 3.63) is 11.5 Å². The molecule has 0 radical (unpaired) electrons. The summed E-state index contributed by atoms with van der Waals surface area (Å²) in [4.78, 5) is 0. The van der Waals surface area contributed by atoms with Gasteiger partial charge in [0, 0.05) is 12.0 Å². The summed E-state index contributed by atoms with van der Waals surface area (Å²) in [5.74, 6) is 0. The fourth-order valence-corrected chi connectivity index (χ4v) is 1.29. The molecule has 0 aromatic carbocycles. The number of hydrogen-bond acceptors (Lipinski definition) is 2. The van der Waals surface area contributed by atoms with E-state index in [1.165, 1.54) is 6.08 Å². The molecular weight excluding hydrogens is 138 g/mol. The Bertz CT molecular complexity index is 181. The molecule has 0 aromatic heterocycles. The van der Waals surface area contributed by atoms with Crippen molar-refractivity contribution in [2.24, 2.45) is 0 Å². The van der Waals surface area contributed by atoms with Crippen LogP contribution in [0, 0.1) is 0 Å². The number of allylic oxidation sites excluding steroid dienone is 1. The second-order valence-electron chi connectivity index (χ2n) is 1.51. The zero-order valence-electron chi connectivity index (χ0n) is 5.59. The molecule has 0 atom stereocenters. The van der Waals surface area contributed by atoms with E-state index >= 15 is 0 Å². The summed E-state index contributed by atoms with van der Waals surface area (Å²) in [7, 11) is -3.11. The van der Waals surface area contributed by atoms with Gasteiger partial charge >= 0.3 is 0 Å². The molecule has 0 spiro atoms. The summed E-state index contributed by atoms with van der Waals surface area (Å²) in [5, 5.41) is 1.14. The fraction of sp³-hybridized carbons (Fsp3) is 0.600. The van der Waals surface area contributed by atoms with Crippen LogP contribution in [0.2, 0.25) is 0 Å². The largest absolute Gasteiger partial charge is 0.233 e. The minimum Gasteiger partial charge on any atom is -0.212 e. The predicted octanol–water partition coefficient (Wildman–Crippen LogP) is 0.459. The molecule has 0 heterocycles. The van der Waals surface area contributed by atoms with Gasteiger partial charge in [-0.1, -0.05) is 13.0 Å². The van der Waals surface area contributed by atoms with Gasteiger partial charge in [0.15, 0.2) is 0 Å². The number of rotatable bonds is 3. The maximum absolute atomic E-state index is 10.6. The molecule has 0 saturated heterocycles. The first-order valence-electron chi connectivity index (χ1n) is 2.74. The predicted molar refractivity (Wildman–Crippen MR) is 37.4 cm³/mol. The maximum atomic E-state index is 10.6. The Kier molecular flexibility index (Phi) is 3.49. The van der Waals surface area contributed by atoms with Gasteiger partial charge in [0.2, 0.25) is 10.0 Å². The van der Waals surface area contributed by atoms with Crippen molar-refractivity contribution >= 4 is 10.0 Å². The molecule has 0 unspecified atom stereocenters. The minimum atomic E-state index is -3.11. The average molecular weight is 149 g/mol. The second kappa shape index (κ2) is 3.63. The van der Waals surface area contributed by atoms with Crippen LogP contribution in [-0.2, 0) is 10.0 Å². The molecule has 0 aromatic rings. The third-order valence-electron chi connectivity index (χ3n) is 0.661. The van der Waals surface area contributed by atoms with E-state index in [-0.39, 0.29) is 0 Å². The van der Waals surface area contributed by atoms with Gasteiger partial charge < -0.3 is 0 Å². The molecule has 0 fully saturated rings. The smallest absolute Gasteiger partial charge is 0.212 e. The summed E-state index contributed by atoms with van der Waals surface area (Å²) < 4.78 is 23.6. The van der Waals surface area contributed by atoms with Gasteiger partial charge in [-0.05, 0) is 6.92 Å². The van der Waals surface area contributed by atoms with Gasteiger partial charge in [0.05, 0.1) is 0 Å². The highest BCUT2D eigenvalue weighted by molar-refractivity contribution is 7.92. The van der Waals surface area contributed by atoms with E-state index in [1.54, 1.807) is 13.8 Å². The number of sulfonamides is 1. The molecule has 0 bridgehead atoms. The highest BCUT2D eigenvalue weighted by Crippen LogP contribution is 1.83. The Hall–Kier alpha value is -0.350. The minimum absolute atomic E-state index is 0.437. The van der Waals surface area contributed by atoms with Gasteiger partial charge in [-0.3, -0.25) is 0 Å². The Morgan fingerprint density at radius 1 is 1.56 bits per heavy atom. The van der Waals surface area contributed by atoms with E-state index in [0.29, 0.717) is 6.54 Å². The van der Waals surface area contributed by atoms with E-state index in [1.807, 2.05) is 0 Å². The van der Waals surface area contributed by atoms with E-state index < -0.39 is 10.0 Å². The standard InChI is InChI=1S/C5H11NO2S/c1-3-5-9(7,8)6-4-2/h3,5-6H,4H2,1-2H3/b5-3+. The Balaban J connectivity index is 4.05. The van der Waals surface area contributed by atoms with Crippen molar-refractivity contribution < 1.29 is 8.42 Å². The first-order valence-corrected chi connectivity index (χ1v) is 4.29. The molecular formula is C5H11NO2S. The van der Waals surface area contributed by atoms with Crippen molar-refractivity contribution in [2.75, 3.05) is 6.54 Å². The maximum Gasteiger partial charge on any atom is 0.233 e. The summed E-state index contributed by atoms with van der Waals surface area (Å²) in [6.45, 7) is 3.84. The van der Waals surface area contributed by atoms with Gasteiger partial charge in [-0.15, -0.1) is 0 Å². The van der Waals surface area contributed by atoms with Crippen LogP contribution in [0.25, 0.3) is 0 Å². The van der Waals surface area contributed by atoms with Crippen LogP contribution in [0.15, 0.2) is 11.5 Å². The van der Waals surface area contributed by atoms with Crippen molar-refractivity contribution in [3.8, 4) is 0 Å². The molecule has 3 nitrogen and oxygen atoms in total. The lowest BCUT2D eigenvalue weighted by atomic mass is 10.8. The molecule has 0 aliphatic rings. The summed E-state index contributed by atoms with van der Waals surface area (Å²) in [6, 6.07) is 0. The summed E-state index contributed by atoms with van der Waals surface area (Å²) >= 11 is 0. The van der Waals surface area contributed by atoms with Crippen molar-refractivity contribution in [3.63, 3.8) is 0 Å². The third-order valence-corrected chi connectivity index (χ3v) is 1.98. The molecule has 0 saturated carbocycles. The highest BCUT2D eigenvalue weighted by Gasteiger charge is 1.98. The van der Waals surface area contributed by atoms with Crippen LogP contribution in [0.5, 0.6) is 0 Å². The first kappa shape index (κ1) is 8.65. The van der Waals surface area contributed by atoms with Crippen molar-refractivity contribution in [2.45, 2.75) is 13.8 Å². The number of hydrogen-bond donors (Lipinski definition) is 1. The van der Waals surface area contributed by atoms with Crippen LogP contribution < -0.4 is 4.72 Å². The SMILES string of the molecule is C/C=C/S(=O)(=O)NCC. The van der Waals surface area contributed by atoms with Gasteiger partial charge in [-0.25, -0.2) is 13.1 Å². The Morgan fingerprint density at radius 3 is 2.44 bits per heavy atom. The van der Waals surface area contributed by atoms with E-state index in [9.17, 15) is 8.42 Å². The van der Waals surface area contributed by atoms with Crippen LogP contribution in [0.4, 0.5) is 0 Å². The van der Waals surface area contributed by atoms with Crippen LogP contribution in [0.3, 0.4) is 0 Å². The lowest BCUT2D eigenvalue weighted by Gasteiger charge is -1.94. The average Bonchev–Trinajstić information content (AvgIpc) is 1.64. The normalized spacial score (nSPS) is 12.7. The lowest BCUT2D eigenvalue weighted by molar-refractivity contribution is 0.593. The van der Waals surface area contributed by atoms with Crippen molar-refractivity contribution in [1.29, 1.82) is 0 Å². The molecule has 0 aliphatic heterocycles. The van der Waals surface area contributed by atoms with Gasteiger partial charge in [0.25, 0.3) is 0 Å². The van der Waals surface area contributed by atoms with E-state index in [4.69, 9.17) is 0 Å². The molecule has 1 N–H and O–H groups in total. The fourth-order valence-electron chi connectivity index (χ4n) is 0.428. The second-order valence-corrected chi connectivity index (χ2v) is 3.16. The highest BCUT2D eigenvalue weighted by atomic mass is 32.2. The lowest BCUT2D eigenvalue weighted by Crippen LogP contribution is -2.20. The molecule has 4 heteroatoms. The summed E-state index contributed by atoms with van der Waals surface area (Å²) in [5.41, 5.74) is 0. The zero-order valence-corrected chi connectivity index (χ0v) is 6.40. The van der Waals surface area contributed by atoms with Gasteiger partial charge in [-0.2, -0.15) is 0 Å². The topological polar surface area (TPSA) is 46.2 Å². The molecule has 9 heavy (non-hydrogen) atoms. The number of nitrogens with one attached hydrogen (secondary N) is 1. The Labute approximate surface area is 55.8 Å². The quantitative estimate of drug-likeness (QED) is 0.633. The monoisotopic (exact) mass is 149 g/mol.